The largest absolute Gasteiger partial charge is 0.483 e. The fraction of sp³-hybridized carbons (Fsp3) is 0.250. The maximum atomic E-state index is 11.7. The maximum absolute atomic E-state index is 11.7. The number of rotatable bonds is 3. The average Bonchev–Trinajstić information content (AvgIpc) is 2.87. The molecule has 0 amide bonds. The fourth-order valence-electron chi connectivity index (χ4n) is 2.72. The molecule has 1 aromatic carbocycles. The van der Waals surface area contributed by atoms with E-state index >= 15 is 0 Å². The minimum Gasteiger partial charge on any atom is -0.483 e. The lowest BCUT2D eigenvalue weighted by molar-refractivity contribution is 0.167. The molecular weight excluding hydrogens is 282 g/mol. The van der Waals surface area contributed by atoms with Crippen molar-refractivity contribution in [3.63, 3.8) is 0 Å². The van der Waals surface area contributed by atoms with Crippen molar-refractivity contribution in [2.45, 2.75) is 6.10 Å². The van der Waals surface area contributed by atoms with Crippen molar-refractivity contribution < 1.29 is 9.15 Å². The summed E-state index contributed by atoms with van der Waals surface area (Å²) in [6, 6.07) is 9.11. The van der Waals surface area contributed by atoms with Crippen LogP contribution in [0.15, 0.2) is 51.9 Å². The Balaban J connectivity index is 1.54. The van der Waals surface area contributed by atoms with Crippen LogP contribution in [0.1, 0.15) is 0 Å². The van der Waals surface area contributed by atoms with Gasteiger partial charge in [0.2, 0.25) is 0 Å². The fourth-order valence-corrected chi connectivity index (χ4v) is 2.72. The number of aromatic nitrogens is 2. The Morgan fingerprint density at radius 1 is 1.32 bits per heavy atom. The Morgan fingerprint density at radius 3 is 2.91 bits per heavy atom. The average molecular weight is 297 g/mol. The second kappa shape index (κ2) is 4.91. The lowest BCUT2D eigenvalue weighted by Crippen LogP contribution is -2.54. The zero-order chi connectivity index (χ0) is 15.1. The second-order valence-corrected chi connectivity index (χ2v) is 5.44. The quantitative estimate of drug-likeness (QED) is 0.690. The molecule has 1 aliphatic rings. The van der Waals surface area contributed by atoms with Crippen molar-refractivity contribution in [2.75, 3.05) is 18.0 Å². The SMILES string of the molecule is Cn1cc(OC2CN(c3cc(=O)oc4ccccc34)C2)cn1. The number of ether oxygens (including phenoxy) is 1. The van der Waals surface area contributed by atoms with E-state index in [0.717, 1.165) is 29.9 Å². The number of para-hydroxylation sites is 1. The molecular formula is C16H15N3O3. The molecule has 0 aliphatic carbocycles. The Morgan fingerprint density at radius 2 is 2.14 bits per heavy atom. The van der Waals surface area contributed by atoms with Gasteiger partial charge in [0.05, 0.1) is 31.2 Å². The van der Waals surface area contributed by atoms with E-state index < -0.39 is 0 Å². The predicted octanol–water partition coefficient (Wildman–Crippen LogP) is 1.79. The molecule has 112 valence electrons. The molecule has 1 aliphatic heterocycles. The summed E-state index contributed by atoms with van der Waals surface area (Å²) in [7, 11) is 1.86. The van der Waals surface area contributed by atoms with Crippen LogP contribution in [0.2, 0.25) is 0 Å². The van der Waals surface area contributed by atoms with Crippen LogP contribution in [0.5, 0.6) is 5.75 Å². The number of anilines is 1. The molecule has 4 rings (SSSR count). The van der Waals surface area contributed by atoms with Crippen LogP contribution in [-0.4, -0.2) is 29.0 Å². The van der Waals surface area contributed by atoms with Crippen LogP contribution >= 0.6 is 0 Å². The molecule has 1 fully saturated rings. The molecule has 0 radical (unpaired) electrons. The zero-order valence-electron chi connectivity index (χ0n) is 12.1. The maximum Gasteiger partial charge on any atom is 0.338 e. The van der Waals surface area contributed by atoms with Crippen LogP contribution in [0.3, 0.4) is 0 Å². The normalized spacial score (nSPS) is 15.0. The predicted molar refractivity (Wildman–Crippen MR) is 82.3 cm³/mol. The van der Waals surface area contributed by atoms with E-state index in [9.17, 15) is 4.79 Å². The molecule has 3 heterocycles. The van der Waals surface area contributed by atoms with Gasteiger partial charge in [-0.1, -0.05) is 12.1 Å². The van der Waals surface area contributed by atoms with Gasteiger partial charge < -0.3 is 14.1 Å². The van der Waals surface area contributed by atoms with Crippen molar-refractivity contribution in [2.24, 2.45) is 7.05 Å². The van der Waals surface area contributed by atoms with Gasteiger partial charge >= 0.3 is 5.63 Å². The highest BCUT2D eigenvalue weighted by atomic mass is 16.5. The first kappa shape index (κ1) is 12.9. The Bertz CT molecular complexity index is 877. The van der Waals surface area contributed by atoms with Crippen LogP contribution in [-0.2, 0) is 7.05 Å². The topological polar surface area (TPSA) is 60.5 Å². The van der Waals surface area contributed by atoms with Gasteiger partial charge in [0.15, 0.2) is 5.75 Å². The monoisotopic (exact) mass is 297 g/mol. The van der Waals surface area contributed by atoms with Crippen molar-refractivity contribution >= 4 is 16.7 Å². The first-order chi connectivity index (χ1) is 10.7. The minimum atomic E-state index is -0.328. The second-order valence-electron chi connectivity index (χ2n) is 5.44. The number of benzene rings is 1. The van der Waals surface area contributed by atoms with E-state index in [1.165, 1.54) is 0 Å². The van der Waals surface area contributed by atoms with Gasteiger partial charge in [0, 0.05) is 18.5 Å². The smallest absolute Gasteiger partial charge is 0.338 e. The molecule has 0 bridgehead atoms. The van der Waals surface area contributed by atoms with E-state index in [2.05, 4.69) is 10.00 Å². The highest BCUT2D eigenvalue weighted by molar-refractivity contribution is 5.90. The van der Waals surface area contributed by atoms with E-state index in [-0.39, 0.29) is 11.7 Å². The van der Waals surface area contributed by atoms with Gasteiger partial charge in [0.25, 0.3) is 0 Å². The van der Waals surface area contributed by atoms with E-state index in [1.54, 1.807) is 16.9 Å². The molecule has 1 saturated heterocycles. The van der Waals surface area contributed by atoms with Crippen LogP contribution < -0.4 is 15.3 Å². The molecule has 2 aromatic heterocycles. The van der Waals surface area contributed by atoms with Crippen molar-refractivity contribution in [3.05, 3.63) is 53.1 Å². The minimum absolute atomic E-state index is 0.107. The van der Waals surface area contributed by atoms with Gasteiger partial charge in [-0.05, 0) is 12.1 Å². The molecule has 0 atom stereocenters. The highest BCUT2D eigenvalue weighted by Crippen LogP contribution is 2.29. The summed E-state index contributed by atoms with van der Waals surface area (Å²) in [6.45, 7) is 1.48. The van der Waals surface area contributed by atoms with Gasteiger partial charge in [-0.25, -0.2) is 4.79 Å². The summed E-state index contributed by atoms with van der Waals surface area (Å²) in [6.07, 6.45) is 3.65. The van der Waals surface area contributed by atoms with Crippen molar-refractivity contribution in [3.8, 4) is 5.75 Å². The lowest BCUT2D eigenvalue weighted by Gasteiger charge is -2.40. The third-order valence-electron chi connectivity index (χ3n) is 3.80. The summed E-state index contributed by atoms with van der Waals surface area (Å²) in [5, 5.41) is 5.03. The standard InChI is InChI=1S/C16H15N3O3/c1-18-8-11(7-17-18)21-12-9-19(10-12)14-6-16(20)22-15-5-3-2-4-13(14)15/h2-8,12H,9-10H2,1H3. The number of hydrogen-bond donors (Lipinski definition) is 0. The Hall–Kier alpha value is -2.76. The van der Waals surface area contributed by atoms with E-state index in [1.807, 2.05) is 37.5 Å². The molecule has 3 aromatic rings. The van der Waals surface area contributed by atoms with Crippen molar-refractivity contribution in [1.29, 1.82) is 0 Å². The Kier molecular flexibility index (Phi) is 2.89. The number of aryl methyl sites for hydroxylation is 1. The number of fused-ring (bicyclic) bond motifs is 1. The van der Waals surface area contributed by atoms with Gasteiger partial charge in [-0.15, -0.1) is 0 Å². The van der Waals surface area contributed by atoms with E-state index in [0.29, 0.717) is 5.58 Å². The molecule has 6 heteroatoms. The molecule has 6 nitrogen and oxygen atoms in total. The molecule has 22 heavy (non-hydrogen) atoms. The third kappa shape index (κ3) is 2.22. The molecule has 0 unspecified atom stereocenters. The van der Waals surface area contributed by atoms with Crippen LogP contribution in [0.25, 0.3) is 11.0 Å². The van der Waals surface area contributed by atoms with E-state index in [4.69, 9.17) is 9.15 Å². The summed E-state index contributed by atoms with van der Waals surface area (Å²) >= 11 is 0. The molecule has 0 spiro atoms. The lowest BCUT2D eigenvalue weighted by atomic mass is 10.1. The number of hydrogen-bond acceptors (Lipinski definition) is 5. The first-order valence-corrected chi connectivity index (χ1v) is 7.12. The third-order valence-corrected chi connectivity index (χ3v) is 3.80. The summed E-state index contributed by atoms with van der Waals surface area (Å²) in [4.78, 5) is 13.8. The molecule has 0 saturated carbocycles. The van der Waals surface area contributed by atoms with Crippen LogP contribution in [0.4, 0.5) is 5.69 Å². The molecule has 0 N–H and O–H groups in total. The number of nitrogens with zero attached hydrogens (tertiary/aromatic N) is 3. The van der Waals surface area contributed by atoms with Crippen molar-refractivity contribution in [1.82, 2.24) is 9.78 Å². The summed E-state index contributed by atoms with van der Waals surface area (Å²) in [5.41, 5.74) is 1.19. The highest BCUT2D eigenvalue weighted by Gasteiger charge is 2.30. The Labute approximate surface area is 126 Å². The summed E-state index contributed by atoms with van der Waals surface area (Å²) < 4.78 is 12.8. The van der Waals surface area contributed by atoms with Crippen LogP contribution in [0, 0.1) is 0 Å². The van der Waals surface area contributed by atoms with Gasteiger partial charge in [0.1, 0.15) is 11.7 Å². The first-order valence-electron chi connectivity index (χ1n) is 7.12. The van der Waals surface area contributed by atoms with Gasteiger partial charge in [-0.2, -0.15) is 5.10 Å². The van der Waals surface area contributed by atoms with Gasteiger partial charge in [-0.3, -0.25) is 4.68 Å². The summed E-state index contributed by atoms with van der Waals surface area (Å²) in [5.74, 6) is 0.768. The zero-order valence-corrected chi connectivity index (χ0v) is 12.1.